The average molecular weight is 734 g/mol. The van der Waals surface area contributed by atoms with Gasteiger partial charge in [0, 0.05) is 43.7 Å². The summed E-state index contributed by atoms with van der Waals surface area (Å²) in [5, 5.41) is 14.3. The van der Waals surface area contributed by atoms with E-state index in [1.54, 1.807) is 30.1 Å². The van der Waals surface area contributed by atoms with Gasteiger partial charge >= 0.3 is 12.1 Å². The fourth-order valence-corrected chi connectivity index (χ4v) is 6.67. The van der Waals surface area contributed by atoms with Crippen molar-refractivity contribution in [1.29, 1.82) is 0 Å². The smallest absolute Gasteiger partial charge is 0.407 e. The molecule has 0 spiro atoms. The first-order valence-electron chi connectivity index (χ1n) is 16.9. The number of hydrogen-bond donors (Lipinski definition) is 4. The van der Waals surface area contributed by atoms with Gasteiger partial charge in [-0.2, -0.15) is 0 Å². The molecule has 0 saturated carbocycles. The summed E-state index contributed by atoms with van der Waals surface area (Å²) in [6.07, 6.45) is 2.96. The van der Waals surface area contributed by atoms with E-state index in [1.807, 2.05) is 66.0 Å². The van der Waals surface area contributed by atoms with Crippen molar-refractivity contribution in [2.45, 2.75) is 83.1 Å². The number of thiazole rings is 2. The van der Waals surface area contributed by atoms with Gasteiger partial charge in [0.05, 0.1) is 34.1 Å². The van der Waals surface area contributed by atoms with E-state index in [9.17, 15) is 19.2 Å². The molecule has 0 bridgehead atoms. The number of carbonyl (C=O) groups excluding carboxylic acids is 4. The van der Waals surface area contributed by atoms with Crippen LogP contribution in [0.25, 0.3) is 0 Å². The molecule has 0 radical (unpaired) electrons. The predicted molar refractivity (Wildman–Crippen MR) is 199 cm³/mol. The molecular weight excluding hydrogens is 687 g/mol. The van der Waals surface area contributed by atoms with Crippen molar-refractivity contribution in [2.75, 3.05) is 14.1 Å². The van der Waals surface area contributed by atoms with Crippen LogP contribution in [0, 0.1) is 0 Å². The molecule has 4 aromatic rings. The third-order valence-corrected chi connectivity index (χ3v) is 10.0. The van der Waals surface area contributed by atoms with E-state index < -0.39 is 24.1 Å². The molecule has 51 heavy (non-hydrogen) atoms. The quantitative estimate of drug-likeness (QED) is 0.107. The maximum atomic E-state index is 13.9. The Labute approximate surface area is 307 Å². The molecule has 2 heterocycles. The molecule has 14 heteroatoms. The predicted octanol–water partition coefficient (Wildman–Crippen LogP) is 5.41. The second-order valence-electron chi connectivity index (χ2n) is 12.6. The molecule has 0 aliphatic heterocycles. The number of carbonyl (C=O) groups is 4. The summed E-state index contributed by atoms with van der Waals surface area (Å²) in [4.78, 5) is 63.5. The number of alkyl carbamates (subject to hydrolysis) is 1. The van der Waals surface area contributed by atoms with E-state index in [0.717, 1.165) is 26.7 Å². The number of amides is 5. The summed E-state index contributed by atoms with van der Waals surface area (Å²) >= 11 is 2.95. The number of nitrogens with zero attached hydrogens (tertiary/aromatic N) is 3. The van der Waals surface area contributed by atoms with Gasteiger partial charge in [0.15, 0.2) is 0 Å². The lowest BCUT2D eigenvalue weighted by atomic mass is 9.95. The zero-order valence-corrected chi connectivity index (χ0v) is 31.1. The van der Waals surface area contributed by atoms with Gasteiger partial charge in [0.1, 0.15) is 12.6 Å². The number of urea groups is 1. The first kappa shape index (κ1) is 39.0. The van der Waals surface area contributed by atoms with Crippen LogP contribution in [0.4, 0.5) is 9.59 Å². The van der Waals surface area contributed by atoms with Crippen LogP contribution in [0.15, 0.2) is 77.8 Å². The van der Waals surface area contributed by atoms with Gasteiger partial charge in [-0.25, -0.2) is 14.6 Å². The third-order valence-electron chi connectivity index (χ3n) is 8.10. The molecule has 4 rings (SSSR count). The highest BCUT2D eigenvalue weighted by atomic mass is 32.1. The van der Waals surface area contributed by atoms with Crippen LogP contribution in [-0.2, 0) is 40.3 Å². The number of ether oxygens (including phenoxy) is 1. The van der Waals surface area contributed by atoms with E-state index >= 15 is 0 Å². The highest BCUT2D eigenvalue weighted by molar-refractivity contribution is 7.09. The minimum Gasteiger partial charge on any atom is -0.444 e. The number of benzene rings is 2. The van der Waals surface area contributed by atoms with E-state index in [-0.39, 0.29) is 43.5 Å². The molecule has 4 N–H and O–H groups in total. The number of aromatic nitrogens is 2. The summed E-state index contributed by atoms with van der Waals surface area (Å²) < 4.78 is 5.47. The highest BCUT2D eigenvalue weighted by Crippen LogP contribution is 2.20. The third kappa shape index (κ3) is 13.4. The largest absolute Gasteiger partial charge is 0.444 e. The Morgan fingerprint density at radius 1 is 0.863 bits per heavy atom. The second-order valence-corrected chi connectivity index (χ2v) is 14.5. The SMILES string of the molecule is CNC(=O)C[C@H](NC(=O)N(C)Cc1csc(C(C)C)n1)C(=O)N[C@H](CC[C@H](Cc1ccccc1)NC(=O)OCc1cncs1)Cc1ccccc1. The fraction of sp³-hybridized carbons (Fsp3) is 0.405. The molecule has 12 nitrogen and oxygen atoms in total. The molecule has 2 aromatic heterocycles. The number of nitrogens with one attached hydrogen (secondary N) is 4. The van der Waals surface area contributed by atoms with Crippen LogP contribution in [0.2, 0.25) is 0 Å². The standard InChI is InChI=1S/C37H47N7O5S2/c1-25(2)35-41-30(23-50-35)21-44(4)36(47)43-32(19-33(45)38-3)34(46)40-28(17-26-11-7-5-8-12-26)15-16-29(18-27-13-9-6-10-14-27)42-37(48)49-22-31-20-39-24-51-31/h5-14,20,23-25,28-29,32H,15-19,21-22H2,1-4H3,(H,38,45)(H,40,46)(H,42,48)(H,43,47)/t28-,29-,32+/m1/s1. The van der Waals surface area contributed by atoms with E-state index in [4.69, 9.17) is 4.74 Å². The van der Waals surface area contributed by atoms with Crippen LogP contribution in [0.1, 0.15) is 65.7 Å². The molecule has 0 fully saturated rings. The zero-order chi connectivity index (χ0) is 36.6. The Kier molecular flexibility index (Phi) is 15.4. The lowest BCUT2D eigenvalue weighted by molar-refractivity contribution is -0.128. The molecule has 0 unspecified atom stereocenters. The van der Waals surface area contributed by atoms with Gasteiger partial charge in [-0.15, -0.1) is 22.7 Å². The first-order chi connectivity index (χ1) is 24.6. The summed E-state index contributed by atoms with van der Waals surface area (Å²) in [6, 6.07) is 17.3. The van der Waals surface area contributed by atoms with Crippen molar-refractivity contribution < 1.29 is 23.9 Å². The fourth-order valence-electron chi connectivity index (χ4n) is 5.34. The van der Waals surface area contributed by atoms with Gasteiger partial charge in [0.25, 0.3) is 0 Å². The summed E-state index contributed by atoms with van der Waals surface area (Å²) in [6.45, 7) is 4.50. The van der Waals surface area contributed by atoms with Crippen molar-refractivity contribution in [3.05, 3.63) is 104 Å². The Morgan fingerprint density at radius 3 is 2.04 bits per heavy atom. The maximum Gasteiger partial charge on any atom is 0.407 e. The van der Waals surface area contributed by atoms with Crippen LogP contribution in [-0.4, -0.2) is 71.0 Å². The molecule has 0 aliphatic carbocycles. The Bertz CT molecular complexity index is 1670. The molecule has 3 atom stereocenters. The normalized spacial score (nSPS) is 12.7. The van der Waals surface area contributed by atoms with E-state index in [1.165, 1.54) is 23.3 Å². The molecule has 0 saturated heterocycles. The Morgan fingerprint density at radius 2 is 1.49 bits per heavy atom. The zero-order valence-electron chi connectivity index (χ0n) is 29.5. The lowest BCUT2D eigenvalue weighted by Gasteiger charge is -2.27. The monoisotopic (exact) mass is 733 g/mol. The van der Waals surface area contributed by atoms with Gasteiger partial charge in [-0.1, -0.05) is 74.5 Å². The summed E-state index contributed by atoms with van der Waals surface area (Å²) in [5.41, 5.74) is 4.49. The molecule has 2 aromatic carbocycles. The molecular formula is C37H47N7O5S2. The minimum absolute atomic E-state index is 0.123. The Hall–Kier alpha value is -4.82. The molecule has 0 aliphatic rings. The minimum atomic E-state index is -1.13. The molecule has 5 amide bonds. The van der Waals surface area contributed by atoms with Crippen LogP contribution >= 0.6 is 22.7 Å². The van der Waals surface area contributed by atoms with Crippen molar-refractivity contribution in [3.63, 3.8) is 0 Å². The average Bonchev–Trinajstić information content (AvgIpc) is 3.83. The van der Waals surface area contributed by atoms with Gasteiger partial charge in [0.2, 0.25) is 11.8 Å². The second kappa shape index (κ2) is 20.1. The van der Waals surface area contributed by atoms with Crippen molar-refractivity contribution >= 4 is 46.6 Å². The Balaban J connectivity index is 1.46. The molecule has 272 valence electrons. The van der Waals surface area contributed by atoms with E-state index in [0.29, 0.717) is 25.7 Å². The van der Waals surface area contributed by atoms with Crippen LogP contribution in [0.5, 0.6) is 0 Å². The van der Waals surface area contributed by atoms with Crippen molar-refractivity contribution in [3.8, 4) is 0 Å². The maximum absolute atomic E-state index is 13.9. The van der Waals surface area contributed by atoms with Gasteiger partial charge in [-0.3, -0.25) is 14.6 Å². The first-order valence-corrected chi connectivity index (χ1v) is 18.7. The van der Waals surface area contributed by atoms with E-state index in [2.05, 4.69) is 45.1 Å². The van der Waals surface area contributed by atoms with Crippen LogP contribution < -0.4 is 21.3 Å². The van der Waals surface area contributed by atoms with Crippen molar-refractivity contribution in [1.82, 2.24) is 36.1 Å². The van der Waals surface area contributed by atoms with Crippen LogP contribution in [0.3, 0.4) is 0 Å². The topological polar surface area (TPSA) is 155 Å². The number of rotatable bonds is 18. The highest BCUT2D eigenvalue weighted by Gasteiger charge is 2.28. The van der Waals surface area contributed by atoms with Crippen molar-refractivity contribution in [2.24, 2.45) is 0 Å². The lowest BCUT2D eigenvalue weighted by Crippen LogP contribution is -2.54. The summed E-state index contributed by atoms with van der Waals surface area (Å²) in [5.74, 6) is -0.587. The van der Waals surface area contributed by atoms with Gasteiger partial charge in [-0.05, 0) is 36.8 Å². The number of hydrogen-bond acceptors (Lipinski definition) is 9. The summed E-state index contributed by atoms with van der Waals surface area (Å²) in [7, 11) is 3.11. The van der Waals surface area contributed by atoms with Gasteiger partial charge < -0.3 is 30.9 Å².